The molecule has 1 aromatic rings. The number of nitrogens with zero attached hydrogens (tertiary/aromatic N) is 1. The van der Waals surface area contributed by atoms with Gasteiger partial charge in [-0.25, -0.2) is 0 Å². The van der Waals surface area contributed by atoms with Crippen LogP contribution in [0.4, 0.5) is 0 Å². The molecule has 0 aromatic carbocycles. The van der Waals surface area contributed by atoms with Crippen molar-refractivity contribution in [2.45, 2.75) is 32.7 Å². The Hall–Kier alpha value is -0.380. The Kier molecular flexibility index (Phi) is 11.7. The van der Waals surface area contributed by atoms with Crippen molar-refractivity contribution in [1.82, 2.24) is 10.6 Å². The third kappa shape index (κ3) is 8.13. The molecule has 1 aliphatic heterocycles. The zero-order valence-corrected chi connectivity index (χ0v) is 17.8. The molecule has 2 heterocycles. The van der Waals surface area contributed by atoms with E-state index in [-0.39, 0.29) is 30.0 Å². The molecule has 2 unspecified atom stereocenters. The predicted octanol–water partition coefficient (Wildman–Crippen LogP) is 3.43. The maximum Gasteiger partial charge on any atom is 0.191 e. The van der Waals surface area contributed by atoms with E-state index in [9.17, 15) is 0 Å². The van der Waals surface area contributed by atoms with Crippen molar-refractivity contribution in [3.05, 3.63) is 22.4 Å². The molecule has 24 heavy (non-hydrogen) atoms. The standard InChI is InChI=1S/C17H29N3O2S.HI/c1-3-18-17(20-14(2)16-6-4-11-23-16)19-8-5-9-21-12-15-7-10-22-13-15;/h4,6,11,14-15H,3,5,7-10,12-13H2,1-2H3,(H2,18,19,20);1H. The van der Waals surface area contributed by atoms with Crippen LogP contribution in [-0.2, 0) is 9.47 Å². The number of ether oxygens (including phenoxy) is 2. The van der Waals surface area contributed by atoms with Gasteiger partial charge in [-0.1, -0.05) is 6.07 Å². The number of rotatable bonds is 9. The topological polar surface area (TPSA) is 54.9 Å². The normalized spacial score (nSPS) is 18.9. The van der Waals surface area contributed by atoms with Crippen molar-refractivity contribution in [3.8, 4) is 0 Å². The molecular formula is C17H30IN3O2S. The highest BCUT2D eigenvalue weighted by molar-refractivity contribution is 14.0. The maximum atomic E-state index is 5.71. The summed E-state index contributed by atoms with van der Waals surface area (Å²) in [6.07, 6.45) is 2.07. The fourth-order valence-electron chi connectivity index (χ4n) is 2.46. The zero-order valence-electron chi connectivity index (χ0n) is 14.6. The number of guanidine groups is 1. The summed E-state index contributed by atoms with van der Waals surface area (Å²) in [4.78, 5) is 5.94. The van der Waals surface area contributed by atoms with Gasteiger partial charge >= 0.3 is 0 Å². The average Bonchev–Trinajstić information content (AvgIpc) is 3.23. The Labute approximate surface area is 166 Å². The van der Waals surface area contributed by atoms with Crippen LogP contribution in [0.1, 0.15) is 37.6 Å². The van der Waals surface area contributed by atoms with Crippen molar-refractivity contribution >= 4 is 41.3 Å². The van der Waals surface area contributed by atoms with Gasteiger partial charge < -0.3 is 20.1 Å². The van der Waals surface area contributed by atoms with Crippen molar-refractivity contribution in [3.63, 3.8) is 0 Å². The maximum absolute atomic E-state index is 5.71. The Morgan fingerprint density at radius 1 is 1.54 bits per heavy atom. The lowest BCUT2D eigenvalue weighted by Gasteiger charge is -2.16. The quantitative estimate of drug-likeness (QED) is 0.253. The molecule has 7 heteroatoms. The van der Waals surface area contributed by atoms with E-state index in [1.54, 1.807) is 11.3 Å². The van der Waals surface area contributed by atoms with Crippen molar-refractivity contribution in [2.24, 2.45) is 10.9 Å². The van der Waals surface area contributed by atoms with E-state index >= 15 is 0 Å². The monoisotopic (exact) mass is 467 g/mol. The number of nitrogens with one attached hydrogen (secondary N) is 2. The van der Waals surface area contributed by atoms with Gasteiger partial charge in [-0.05, 0) is 38.1 Å². The minimum atomic E-state index is 0. The van der Waals surface area contributed by atoms with Gasteiger partial charge in [0.2, 0.25) is 0 Å². The first-order valence-corrected chi connectivity index (χ1v) is 9.41. The largest absolute Gasteiger partial charge is 0.381 e. The van der Waals surface area contributed by atoms with Gasteiger partial charge in [0.05, 0.1) is 19.3 Å². The Morgan fingerprint density at radius 2 is 2.42 bits per heavy atom. The van der Waals surface area contributed by atoms with Crippen LogP contribution >= 0.6 is 35.3 Å². The highest BCUT2D eigenvalue weighted by Crippen LogP contribution is 2.17. The predicted molar refractivity (Wildman–Crippen MR) is 112 cm³/mol. The minimum absolute atomic E-state index is 0. The zero-order chi connectivity index (χ0) is 16.3. The van der Waals surface area contributed by atoms with Gasteiger partial charge in [0, 0.05) is 37.1 Å². The molecule has 0 radical (unpaired) electrons. The smallest absolute Gasteiger partial charge is 0.191 e. The van der Waals surface area contributed by atoms with Gasteiger partial charge in [0.25, 0.3) is 0 Å². The van der Waals surface area contributed by atoms with Gasteiger partial charge in [0.1, 0.15) is 0 Å². The summed E-state index contributed by atoms with van der Waals surface area (Å²) in [5.74, 6) is 1.46. The molecule has 1 aromatic heterocycles. The van der Waals surface area contributed by atoms with Gasteiger partial charge in [-0.3, -0.25) is 4.99 Å². The molecule has 2 rings (SSSR count). The molecule has 138 valence electrons. The molecule has 0 aliphatic carbocycles. The van der Waals surface area contributed by atoms with E-state index in [1.165, 1.54) is 4.88 Å². The minimum Gasteiger partial charge on any atom is -0.381 e. The molecule has 2 atom stereocenters. The first-order chi connectivity index (χ1) is 11.3. The Bertz CT molecular complexity index is 451. The van der Waals surface area contributed by atoms with Crippen LogP contribution in [0.2, 0.25) is 0 Å². The van der Waals surface area contributed by atoms with E-state index in [0.717, 1.165) is 58.3 Å². The summed E-state index contributed by atoms with van der Waals surface area (Å²) >= 11 is 1.76. The molecule has 1 aliphatic rings. The summed E-state index contributed by atoms with van der Waals surface area (Å²) in [5, 5.41) is 8.85. The summed E-state index contributed by atoms with van der Waals surface area (Å²) in [6, 6.07) is 4.49. The van der Waals surface area contributed by atoms with E-state index < -0.39 is 0 Å². The van der Waals surface area contributed by atoms with E-state index in [4.69, 9.17) is 9.47 Å². The second-order valence-corrected chi connectivity index (χ2v) is 6.78. The van der Waals surface area contributed by atoms with Crippen molar-refractivity contribution in [2.75, 3.05) is 39.5 Å². The average molecular weight is 467 g/mol. The number of aliphatic imine (C=N–C) groups is 1. The number of hydrogen-bond acceptors (Lipinski definition) is 4. The Balaban J connectivity index is 0.00000288. The second kappa shape index (κ2) is 12.9. The Morgan fingerprint density at radius 3 is 3.08 bits per heavy atom. The first kappa shape index (κ1) is 21.7. The lowest BCUT2D eigenvalue weighted by Crippen LogP contribution is -2.38. The lowest BCUT2D eigenvalue weighted by molar-refractivity contribution is 0.0893. The fraction of sp³-hybridized carbons (Fsp3) is 0.706. The highest BCUT2D eigenvalue weighted by Gasteiger charge is 2.15. The lowest BCUT2D eigenvalue weighted by atomic mass is 10.1. The van der Waals surface area contributed by atoms with Crippen LogP contribution < -0.4 is 10.6 Å². The van der Waals surface area contributed by atoms with Gasteiger partial charge in [-0.15, -0.1) is 35.3 Å². The SMILES string of the molecule is CCNC(=NCCCOCC1CCOC1)NC(C)c1cccs1.I. The fourth-order valence-corrected chi connectivity index (χ4v) is 3.19. The molecular weight excluding hydrogens is 437 g/mol. The van der Waals surface area contributed by atoms with Crippen LogP contribution in [0.5, 0.6) is 0 Å². The molecule has 0 amide bonds. The molecule has 1 saturated heterocycles. The van der Waals surface area contributed by atoms with Crippen LogP contribution in [0.25, 0.3) is 0 Å². The van der Waals surface area contributed by atoms with Crippen LogP contribution in [0.3, 0.4) is 0 Å². The number of thiophene rings is 1. The summed E-state index contributed by atoms with van der Waals surface area (Å²) in [5.41, 5.74) is 0. The van der Waals surface area contributed by atoms with Crippen molar-refractivity contribution < 1.29 is 9.47 Å². The molecule has 0 saturated carbocycles. The van der Waals surface area contributed by atoms with Crippen LogP contribution in [0.15, 0.2) is 22.5 Å². The molecule has 0 spiro atoms. The summed E-state index contributed by atoms with van der Waals surface area (Å²) in [6.45, 7) is 9.20. The molecule has 2 N–H and O–H groups in total. The molecule has 0 bridgehead atoms. The molecule has 1 fully saturated rings. The van der Waals surface area contributed by atoms with E-state index in [0.29, 0.717) is 5.92 Å². The van der Waals surface area contributed by atoms with E-state index in [2.05, 4.69) is 47.0 Å². The van der Waals surface area contributed by atoms with Crippen LogP contribution in [0, 0.1) is 5.92 Å². The summed E-state index contributed by atoms with van der Waals surface area (Å²) < 4.78 is 11.1. The highest BCUT2D eigenvalue weighted by atomic mass is 127. The van der Waals surface area contributed by atoms with Gasteiger partial charge in [-0.2, -0.15) is 0 Å². The van der Waals surface area contributed by atoms with Crippen LogP contribution in [-0.4, -0.2) is 45.5 Å². The third-order valence-electron chi connectivity index (χ3n) is 3.76. The number of halogens is 1. The summed E-state index contributed by atoms with van der Waals surface area (Å²) in [7, 11) is 0. The number of hydrogen-bond donors (Lipinski definition) is 2. The third-order valence-corrected chi connectivity index (χ3v) is 4.82. The second-order valence-electron chi connectivity index (χ2n) is 5.80. The van der Waals surface area contributed by atoms with E-state index in [1.807, 2.05) is 0 Å². The van der Waals surface area contributed by atoms with Crippen molar-refractivity contribution in [1.29, 1.82) is 0 Å². The first-order valence-electron chi connectivity index (χ1n) is 8.53. The molecule has 5 nitrogen and oxygen atoms in total. The van der Waals surface area contributed by atoms with Gasteiger partial charge in [0.15, 0.2) is 5.96 Å².